The van der Waals surface area contributed by atoms with Crippen LogP contribution < -0.4 is 11.1 Å². The number of carbonyl (C=O) groups is 1. The van der Waals surface area contributed by atoms with Crippen LogP contribution in [0.1, 0.15) is 24.8 Å². The highest BCUT2D eigenvalue weighted by atomic mass is 16.5. The maximum atomic E-state index is 11.7. The Hall–Kier alpha value is -2.45. The van der Waals surface area contributed by atoms with Gasteiger partial charge in [-0.25, -0.2) is 4.79 Å². The average molecular weight is 349 g/mol. The third kappa shape index (κ3) is 6.90. The number of H-pyrrole nitrogens is 1. The number of hydrogen-bond acceptors (Lipinski definition) is 6. The molecule has 0 aliphatic rings. The van der Waals surface area contributed by atoms with E-state index in [2.05, 4.69) is 20.0 Å². The van der Waals surface area contributed by atoms with Gasteiger partial charge < -0.3 is 15.2 Å². The first-order valence-corrected chi connectivity index (χ1v) is 8.29. The number of aryl methyl sites for hydroxylation is 1. The van der Waals surface area contributed by atoms with Crippen LogP contribution in [0.4, 0.5) is 0 Å². The molecule has 1 aromatic heterocycles. The van der Waals surface area contributed by atoms with Crippen LogP contribution in [0.2, 0.25) is 0 Å². The van der Waals surface area contributed by atoms with Gasteiger partial charge in [0.2, 0.25) is 5.91 Å². The number of carbonyl (C=O) groups excluding carboxylic acids is 1. The van der Waals surface area contributed by atoms with Crippen molar-refractivity contribution < 1.29 is 19.2 Å². The van der Waals surface area contributed by atoms with Gasteiger partial charge in [-0.1, -0.05) is 29.4 Å². The predicted molar refractivity (Wildman–Crippen MR) is 91.0 cm³/mol. The van der Waals surface area contributed by atoms with Crippen LogP contribution in [0.3, 0.4) is 0 Å². The van der Waals surface area contributed by atoms with E-state index in [9.17, 15) is 9.59 Å². The first kappa shape index (κ1) is 18.9. The van der Waals surface area contributed by atoms with E-state index in [1.54, 1.807) is 0 Å². The highest BCUT2D eigenvalue weighted by molar-refractivity contribution is 5.75. The number of nitrogens with zero attached hydrogens (tertiary/aromatic N) is 1. The van der Waals surface area contributed by atoms with Crippen LogP contribution in [-0.4, -0.2) is 47.5 Å². The highest BCUT2D eigenvalue weighted by Gasteiger charge is 2.05. The molecule has 0 aliphatic heterocycles. The normalized spacial score (nSPS) is 10.8. The van der Waals surface area contributed by atoms with Gasteiger partial charge in [-0.3, -0.25) is 14.3 Å². The zero-order valence-corrected chi connectivity index (χ0v) is 14.0. The SMILES string of the molecule is O=C(CCCc1ccc(-c2noc(=O)[nH]2)cc1)NCCCOCCO. The largest absolute Gasteiger partial charge is 0.439 e. The number of aliphatic hydroxyl groups is 1. The molecule has 2 rings (SSSR count). The lowest BCUT2D eigenvalue weighted by Gasteiger charge is -2.06. The van der Waals surface area contributed by atoms with E-state index >= 15 is 0 Å². The summed E-state index contributed by atoms with van der Waals surface area (Å²) in [6.45, 7) is 1.46. The molecule has 1 aromatic carbocycles. The maximum Gasteiger partial charge on any atom is 0.439 e. The first-order valence-electron chi connectivity index (χ1n) is 8.29. The second-order valence-electron chi connectivity index (χ2n) is 5.53. The Balaban J connectivity index is 1.63. The van der Waals surface area contributed by atoms with Gasteiger partial charge in [0.15, 0.2) is 5.82 Å². The van der Waals surface area contributed by atoms with Crippen LogP contribution in [0.5, 0.6) is 0 Å². The molecular formula is C17H23N3O5. The zero-order chi connectivity index (χ0) is 17.9. The Morgan fingerprint density at radius 2 is 2.04 bits per heavy atom. The molecule has 0 unspecified atom stereocenters. The second-order valence-corrected chi connectivity index (χ2v) is 5.53. The van der Waals surface area contributed by atoms with Crippen LogP contribution in [0.25, 0.3) is 11.4 Å². The average Bonchev–Trinajstić information content (AvgIpc) is 3.05. The van der Waals surface area contributed by atoms with Crippen molar-refractivity contribution in [3.8, 4) is 11.4 Å². The highest BCUT2D eigenvalue weighted by Crippen LogP contribution is 2.15. The van der Waals surface area contributed by atoms with Gasteiger partial charge in [-0.2, -0.15) is 0 Å². The Bertz CT molecular complexity index is 693. The summed E-state index contributed by atoms with van der Waals surface area (Å²) < 4.78 is 9.59. The smallest absolute Gasteiger partial charge is 0.394 e. The van der Waals surface area contributed by atoms with Crippen LogP contribution in [0, 0.1) is 0 Å². The molecule has 3 N–H and O–H groups in total. The number of rotatable bonds is 11. The molecule has 0 aliphatic carbocycles. The minimum Gasteiger partial charge on any atom is -0.394 e. The number of aromatic nitrogens is 2. The van der Waals surface area contributed by atoms with Crippen molar-refractivity contribution in [1.29, 1.82) is 0 Å². The van der Waals surface area contributed by atoms with E-state index < -0.39 is 5.76 Å². The summed E-state index contributed by atoms with van der Waals surface area (Å²) in [7, 11) is 0. The van der Waals surface area contributed by atoms with E-state index in [1.807, 2.05) is 24.3 Å². The summed E-state index contributed by atoms with van der Waals surface area (Å²) in [4.78, 5) is 25.2. The second kappa shape index (κ2) is 10.4. The molecule has 0 spiro atoms. The molecule has 0 bridgehead atoms. The summed E-state index contributed by atoms with van der Waals surface area (Å²) >= 11 is 0. The summed E-state index contributed by atoms with van der Waals surface area (Å²) in [6, 6.07) is 7.60. The van der Waals surface area contributed by atoms with Crippen LogP contribution >= 0.6 is 0 Å². The van der Waals surface area contributed by atoms with E-state index in [0.29, 0.717) is 32.0 Å². The van der Waals surface area contributed by atoms with Gasteiger partial charge in [-0.05, 0) is 24.8 Å². The Kier molecular flexibility index (Phi) is 7.87. The molecule has 0 saturated carbocycles. The molecule has 8 heteroatoms. The summed E-state index contributed by atoms with van der Waals surface area (Å²) in [5.41, 5.74) is 1.88. The summed E-state index contributed by atoms with van der Waals surface area (Å²) in [5, 5.41) is 15.0. The number of amides is 1. The standard InChI is InChI=1S/C17H23N3O5/c21-10-12-24-11-2-9-18-15(22)4-1-3-13-5-7-14(8-6-13)16-19-17(23)25-20-16/h5-8,21H,1-4,9-12H2,(H,18,22)(H,19,20,23). The zero-order valence-electron chi connectivity index (χ0n) is 14.0. The fourth-order valence-electron chi connectivity index (χ4n) is 2.29. The van der Waals surface area contributed by atoms with Crippen molar-refractivity contribution in [3.05, 3.63) is 40.4 Å². The van der Waals surface area contributed by atoms with Crippen LogP contribution in [-0.2, 0) is 16.0 Å². The molecule has 0 radical (unpaired) electrons. The monoisotopic (exact) mass is 349 g/mol. The molecule has 2 aromatic rings. The van der Waals surface area contributed by atoms with E-state index in [0.717, 1.165) is 30.4 Å². The van der Waals surface area contributed by atoms with Gasteiger partial charge in [0.05, 0.1) is 13.2 Å². The first-order chi connectivity index (χ1) is 12.2. The fourth-order valence-corrected chi connectivity index (χ4v) is 2.29. The fraction of sp³-hybridized carbons (Fsp3) is 0.471. The van der Waals surface area contributed by atoms with Gasteiger partial charge in [0.25, 0.3) is 0 Å². The molecule has 8 nitrogen and oxygen atoms in total. The van der Waals surface area contributed by atoms with Gasteiger partial charge in [-0.15, -0.1) is 0 Å². The maximum absolute atomic E-state index is 11.7. The molecule has 0 saturated heterocycles. The van der Waals surface area contributed by atoms with Crippen molar-refractivity contribution in [2.24, 2.45) is 0 Å². The lowest BCUT2D eigenvalue weighted by molar-refractivity contribution is -0.121. The predicted octanol–water partition coefficient (Wildman–Crippen LogP) is 0.868. The van der Waals surface area contributed by atoms with Crippen molar-refractivity contribution in [3.63, 3.8) is 0 Å². The summed E-state index contributed by atoms with van der Waals surface area (Å²) in [5.74, 6) is -0.150. The van der Waals surface area contributed by atoms with E-state index in [-0.39, 0.29) is 12.5 Å². The number of benzene rings is 1. The molecular weight excluding hydrogens is 326 g/mol. The van der Waals surface area contributed by atoms with Crippen molar-refractivity contribution in [1.82, 2.24) is 15.5 Å². The molecule has 1 heterocycles. The third-order valence-electron chi connectivity index (χ3n) is 3.56. The minimum atomic E-state index is -0.579. The number of aliphatic hydroxyl groups excluding tert-OH is 1. The molecule has 0 fully saturated rings. The number of hydrogen-bond donors (Lipinski definition) is 3. The molecule has 136 valence electrons. The van der Waals surface area contributed by atoms with Crippen molar-refractivity contribution in [2.45, 2.75) is 25.7 Å². The third-order valence-corrected chi connectivity index (χ3v) is 3.56. The molecule has 0 atom stereocenters. The number of ether oxygens (including phenoxy) is 1. The van der Waals surface area contributed by atoms with Crippen LogP contribution in [0.15, 0.2) is 33.6 Å². The Morgan fingerprint density at radius 1 is 1.24 bits per heavy atom. The number of nitrogens with one attached hydrogen (secondary N) is 2. The minimum absolute atomic E-state index is 0.0177. The van der Waals surface area contributed by atoms with E-state index in [4.69, 9.17) is 9.84 Å². The van der Waals surface area contributed by atoms with Gasteiger partial charge >= 0.3 is 5.76 Å². The Morgan fingerprint density at radius 3 is 2.72 bits per heavy atom. The van der Waals surface area contributed by atoms with Gasteiger partial charge in [0, 0.05) is 25.1 Å². The quantitative estimate of drug-likeness (QED) is 0.518. The topological polar surface area (TPSA) is 117 Å². The molecule has 25 heavy (non-hydrogen) atoms. The summed E-state index contributed by atoms with van der Waals surface area (Å²) in [6.07, 6.45) is 2.75. The van der Waals surface area contributed by atoms with E-state index in [1.165, 1.54) is 0 Å². The lowest BCUT2D eigenvalue weighted by Crippen LogP contribution is -2.25. The lowest BCUT2D eigenvalue weighted by atomic mass is 10.1. The molecule has 1 amide bonds. The number of aromatic amines is 1. The van der Waals surface area contributed by atoms with Gasteiger partial charge in [0.1, 0.15) is 0 Å². The Labute approximate surface area is 145 Å². The van der Waals surface area contributed by atoms with Crippen molar-refractivity contribution >= 4 is 5.91 Å². The van der Waals surface area contributed by atoms with Crippen molar-refractivity contribution in [2.75, 3.05) is 26.4 Å².